The first-order valence-electron chi connectivity index (χ1n) is 8.89. The van der Waals surface area contributed by atoms with Crippen molar-refractivity contribution in [2.45, 2.75) is 38.0 Å². The van der Waals surface area contributed by atoms with Gasteiger partial charge in [0, 0.05) is 40.5 Å². The summed E-state index contributed by atoms with van der Waals surface area (Å²) < 4.78 is 6.99. The van der Waals surface area contributed by atoms with Crippen molar-refractivity contribution >= 4 is 38.9 Å². The van der Waals surface area contributed by atoms with Crippen LogP contribution in [0.3, 0.4) is 0 Å². The van der Waals surface area contributed by atoms with Crippen molar-refractivity contribution in [2.24, 2.45) is 5.92 Å². The first kappa shape index (κ1) is 17.3. The van der Waals surface area contributed by atoms with Gasteiger partial charge in [-0.3, -0.25) is 4.79 Å². The standard InChI is InChI=1S/C19H23ClN2O2S/c1-22(11-17-18(20)13-4-2-3-5-16(13)25-17)19(23)12-6-7-15-14(10-12)21-8-9-24-15/h2-5,12,14-15,21H,6-11H2,1H3/t12-,14+,15+/m0/s1. The van der Waals surface area contributed by atoms with E-state index in [1.54, 1.807) is 11.3 Å². The monoisotopic (exact) mass is 378 g/mol. The van der Waals surface area contributed by atoms with Crippen molar-refractivity contribution in [3.8, 4) is 0 Å². The maximum Gasteiger partial charge on any atom is 0.225 e. The van der Waals surface area contributed by atoms with Crippen molar-refractivity contribution in [3.63, 3.8) is 0 Å². The zero-order valence-electron chi connectivity index (χ0n) is 14.3. The van der Waals surface area contributed by atoms with E-state index < -0.39 is 0 Å². The van der Waals surface area contributed by atoms with Crippen LogP contribution in [0.5, 0.6) is 0 Å². The van der Waals surface area contributed by atoms with E-state index in [0.29, 0.717) is 12.6 Å². The number of nitrogens with zero attached hydrogens (tertiary/aromatic N) is 1. The topological polar surface area (TPSA) is 41.6 Å². The van der Waals surface area contributed by atoms with Gasteiger partial charge in [0.25, 0.3) is 0 Å². The molecule has 1 saturated heterocycles. The number of halogens is 1. The van der Waals surface area contributed by atoms with Gasteiger partial charge in [-0.1, -0.05) is 29.8 Å². The number of nitrogens with one attached hydrogen (secondary N) is 1. The van der Waals surface area contributed by atoms with Crippen LogP contribution < -0.4 is 5.32 Å². The average molecular weight is 379 g/mol. The molecule has 2 aromatic rings. The highest BCUT2D eigenvalue weighted by Gasteiger charge is 2.36. The van der Waals surface area contributed by atoms with Gasteiger partial charge in [0.1, 0.15) is 0 Å². The second-order valence-corrected chi connectivity index (χ2v) is 8.52. The normalized spacial score (nSPS) is 26.4. The van der Waals surface area contributed by atoms with E-state index in [0.717, 1.165) is 47.7 Å². The van der Waals surface area contributed by atoms with Gasteiger partial charge in [0.05, 0.1) is 24.3 Å². The molecule has 3 atom stereocenters. The van der Waals surface area contributed by atoms with E-state index in [4.69, 9.17) is 16.3 Å². The third kappa shape index (κ3) is 3.43. The highest BCUT2D eigenvalue weighted by atomic mass is 35.5. The number of hydrogen-bond donors (Lipinski definition) is 1. The second kappa shape index (κ2) is 7.23. The fraction of sp³-hybridized carbons (Fsp3) is 0.526. The van der Waals surface area contributed by atoms with Crippen molar-refractivity contribution < 1.29 is 9.53 Å². The summed E-state index contributed by atoms with van der Waals surface area (Å²) in [6.45, 7) is 2.24. The van der Waals surface area contributed by atoms with Crippen LogP contribution >= 0.6 is 22.9 Å². The molecule has 25 heavy (non-hydrogen) atoms. The van der Waals surface area contributed by atoms with Gasteiger partial charge in [-0.25, -0.2) is 0 Å². The Morgan fingerprint density at radius 2 is 2.24 bits per heavy atom. The number of rotatable bonds is 3. The molecule has 1 aliphatic heterocycles. The van der Waals surface area contributed by atoms with E-state index in [1.807, 2.05) is 30.1 Å². The predicted molar refractivity (Wildman–Crippen MR) is 102 cm³/mol. The molecule has 0 bridgehead atoms. The molecular formula is C19H23ClN2O2S. The number of morpholine rings is 1. The van der Waals surface area contributed by atoms with Gasteiger partial charge >= 0.3 is 0 Å². The minimum atomic E-state index is 0.0774. The molecule has 2 heterocycles. The van der Waals surface area contributed by atoms with Crippen molar-refractivity contribution in [2.75, 3.05) is 20.2 Å². The molecule has 0 spiro atoms. The largest absolute Gasteiger partial charge is 0.375 e. The van der Waals surface area contributed by atoms with Crippen LogP contribution in [0.4, 0.5) is 0 Å². The minimum Gasteiger partial charge on any atom is -0.375 e. The smallest absolute Gasteiger partial charge is 0.225 e. The van der Waals surface area contributed by atoms with Gasteiger partial charge < -0.3 is 15.0 Å². The molecule has 6 heteroatoms. The lowest BCUT2D eigenvalue weighted by Gasteiger charge is -2.40. The average Bonchev–Trinajstić information content (AvgIpc) is 2.96. The number of benzene rings is 1. The summed E-state index contributed by atoms with van der Waals surface area (Å²) in [5.41, 5.74) is 0. The number of carbonyl (C=O) groups is 1. The zero-order chi connectivity index (χ0) is 17.4. The Bertz CT molecular complexity index is 778. The Hall–Kier alpha value is -1.14. The first-order valence-corrected chi connectivity index (χ1v) is 10.1. The third-order valence-corrected chi connectivity index (χ3v) is 7.03. The number of carbonyl (C=O) groups excluding carboxylic acids is 1. The van der Waals surface area contributed by atoms with Gasteiger partial charge in [-0.2, -0.15) is 0 Å². The highest BCUT2D eigenvalue weighted by Crippen LogP contribution is 2.36. The lowest BCUT2D eigenvalue weighted by Crippen LogP contribution is -2.53. The van der Waals surface area contributed by atoms with Gasteiger partial charge in [-0.05, 0) is 25.3 Å². The molecule has 4 rings (SSSR count). The molecule has 1 N–H and O–H groups in total. The molecule has 1 aliphatic carbocycles. The predicted octanol–water partition coefficient (Wildman–Crippen LogP) is 3.67. The Balaban J connectivity index is 1.44. The molecule has 1 saturated carbocycles. The summed E-state index contributed by atoms with van der Waals surface area (Å²) in [5, 5.41) is 5.37. The van der Waals surface area contributed by atoms with Crippen LogP contribution in [0.25, 0.3) is 10.1 Å². The summed E-state index contributed by atoms with van der Waals surface area (Å²) in [6.07, 6.45) is 3.02. The van der Waals surface area contributed by atoms with Gasteiger partial charge in [-0.15, -0.1) is 11.3 Å². The Morgan fingerprint density at radius 1 is 1.40 bits per heavy atom. The van der Waals surface area contributed by atoms with E-state index in [2.05, 4.69) is 11.4 Å². The molecule has 0 unspecified atom stereocenters. The Kier molecular flexibility index (Phi) is 5.00. The number of ether oxygens (including phenoxy) is 1. The van der Waals surface area contributed by atoms with E-state index in [1.165, 1.54) is 4.70 Å². The molecule has 4 nitrogen and oxygen atoms in total. The molecule has 1 aromatic carbocycles. The Labute approximate surface area is 157 Å². The molecular weight excluding hydrogens is 356 g/mol. The van der Waals surface area contributed by atoms with Gasteiger partial charge in [0.2, 0.25) is 5.91 Å². The Morgan fingerprint density at radius 3 is 3.08 bits per heavy atom. The number of amides is 1. The number of fused-ring (bicyclic) bond motifs is 2. The SMILES string of the molecule is CN(Cc1sc2ccccc2c1Cl)C(=O)[C@H]1CC[C@H]2OCCN[C@@H]2C1. The number of thiophene rings is 1. The fourth-order valence-electron chi connectivity index (χ4n) is 4.01. The van der Waals surface area contributed by atoms with E-state index >= 15 is 0 Å². The van der Waals surface area contributed by atoms with Crippen LogP contribution in [-0.4, -0.2) is 43.2 Å². The molecule has 1 amide bonds. The van der Waals surface area contributed by atoms with Crippen molar-refractivity contribution in [1.29, 1.82) is 0 Å². The summed E-state index contributed by atoms with van der Waals surface area (Å²) in [6, 6.07) is 8.45. The molecule has 134 valence electrons. The van der Waals surface area contributed by atoms with E-state index in [-0.39, 0.29) is 17.9 Å². The molecule has 2 aliphatic rings. The lowest BCUT2D eigenvalue weighted by molar-refractivity contribution is -0.138. The third-order valence-electron chi connectivity index (χ3n) is 5.34. The van der Waals surface area contributed by atoms with Crippen molar-refractivity contribution in [1.82, 2.24) is 10.2 Å². The van der Waals surface area contributed by atoms with Crippen LogP contribution in [0.1, 0.15) is 24.1 Å². The summed E-state index contributed by atoms with van der Waals surface area (Å²) in [5.74, 6) is 0.299. The van der Waals surface area contributed by atoms with Crippen LogP contribution in [0.2, 0.25) is 5.02 Å². The maximum absolute atomic E-state index is 12.9. The van der Waals surface area contributed by atoms with Crippen LogP contribution in [0, 0.1) is 5.92 Å². The summed E-state index contributed by atoms with van der Waals surface area (Å²) >= 11 is 8.21. The fourth-order valence-corrected chi connectivity index (χ4v) is 5.55. The van der Waals surface area contributed by atoms with Gasteiger partial charge in [0.15, 0.2) is 0 Å². The summed E-state index contributed by atoms with van der Waals surface area (Å²) in [4.78, 5) is 15.8. The molecule has 2 fully saturated rings. The quantitative estimate of drug-likeness (QED) is 0.886. The molecule has 1 aromatic heterocycles. The van der Waals surface area contributed by atoms with Crippen molar-refractivity contribution in [3.05, 3.63) is 34.2 Å². The summed E-state index contributed by atoms with van der Waals surface area (Å²) in [7, 11) is 1.89. The lowest BCUT2D eigenvalue weighted by atomic mass is 9.82. The zero-order valence-corrected chi connectivity index (χ0v) is 15.9. The molecule has 0 radical (unpaired) electrons. The first-order chi connectivity index (χ1) is 12.1. The second-order valence-electron chi connectivity index (χ2n) is 7.01. The number of hydrogen-bond acceptors (Lipinski definition) is 4. The highest BCUT2D eigenvalue weighted by molar-refractivity contribution is 7.19. The van der Waals surface area contributed by atoms with Crippen LogP contribution in [0.15, 0.2) is 24.3 Å². The maximum atomic E-state index is 12.9. The minimum absolute atomic E-state index is 0.0774. The van der Waals surface area contributed by atoms with E-state index in [9.17, 15) is 4.79 Å². The van der Waals surface area contributed by atoms with Crippen LogP contribution in [-0.2, 0) is 16.1 Å².